The van der Waals surface area contributed by atoms with E-state index in [1.807, 2.05) is 30.3 Å². The van der Waals surface area contributed by atoms with Crippen molar-refractivity contribution in [3.05, 3.63) is 77.4 Å². The van der Waals surface area contributed by atoms with Crippen molar-refractivity contribution < 1.29 is 22.4 Å². The van der Waals surface area contributed by atoms with Gasteiger partial charge in [0.1, 0.15) is 5.82 Å². The van der Waals surface area contributed by atoms with Gasteiger partial charge in [0, 0.05) is 25.2 Å². The minimum atomic E-state index is -4.88. The maximum atomic E-state index is 13.8. The summed E-state index contributed by atoms with van der Waals surface area (Å²) in [5, 5.41) is 9.67. The van der Waals surface area contributed by atoms with Crippen molar-refractivity contribution >= 4 is 5.91 Å². The van der Waals surface area contributed by atoms with Crippen LogP contribution in [0.4, 0.5) is 17.6 Å². The number of nitrogens with one attached hydrogen (secondary N) is 1. The molecule has 168 valence electrons. The molecule has 4 rings (SSSR count). The summed E-state index contributed by atoms with van der Waals surface area (Å²) in [4.78, 5) is 14.9. The van der Waals surface area contributed by atoms with E-state index in [9.17, 15) is 22.4 Å². The van der Waals surface area contributed by atoms with E-state index < -0.39 is 29.3 Å². The highest BCUT2D eigenvalue weighted by atomic mass is 19.4. The summed E-state index contributed by atoms with van der Waals surface area (Å²) < 4.78 is 55.0. The summed E-state index contributed by atoms with van der Waals surface area (Å²) in [5.74, 6) is -1.54. The molecule has 10 heteroatoms. The van der Waals surface area contributed by atoms with Crippen LogP contribution in [-0.2, 0) is 6.18 Å². The Morgan fingerprint density at radius 3 is 2.47 bits per heavy atom. The van der Waals surface area contributed by atoms with Gasteiger partial charge >= 0.3 is 6.18 Å². The molecular formula is C22H21F4N5O. The largest absolute Gasteiger partial charge is 0.435 e. The average molecular weight is 447 g/mol. The molecule has 0 aliphatic carbocycles. The summed E-state index contributed by atoms with van der Waals surface area (Å²) >= 11 is 0. The Kier molecular flexibility index (Phi) is 5.96. The van der Waals surface area contributed by atoms with Crippen LogP contribution >= 0.6 is 0 Å². The number of aromatic nitrogens is 3. The summed E-state index contributed by atoms with van der Waals surface area (Å²) in [6, 6.07) is 14.0. The molecule has 0 spiro atoms. The molecule has 2 heterocycles. The second-order valence-corrected chi connectivity index (χ2v) is 7.71. The summed E-state index contributed by atoms with van der Waals surface area (Å²) in [7, 11) is 0. The molecule has 3 aromatic rings. The van der Waals surface area contributed by atoms with E-state index in [0.29, 0.717) is 24.2 Å². The third-order valence-electron chi connectivity index (χ3n) is 5.61. The van der Waals surface area contributed by atoms with E-state index in [2.05, 4.69) is 27.5 Å². The lowest BCUT2D eigenvalue weighted by Gasteiger charge is -2.24. The van der Waals surface area contributed by atoms with E-state index in [4.69, 9.17) is 0 Å². The number of carbonyl (C=O) groups excluding carboxylic acids is 1. The van der Waals surface area contributed by atoms with Crippen LogP contribution in [-0.4, -0.2) is 44.9 Å². The van der Waals surface area contributed by atoms with E-state index in [-0.39, 0.29) is 17.8 Å². The highest BCUT2D eigenvalue weighted by Gasteiger charge is 2.42. The molecule has 1 N–H and O–H groups in total. The smallest absolute Gasteiger partial charge is 0.347 e. The molecule has 1 amide bonds. The third kappa shape index (κ3) is 4.50. The number of nitrogens with zero attached hydrogens (tertiary/aromatic N) is 4. The molecule has 1 aromatic heterocycles. The molecule has 1 aliphatic heterocycles. The Morgan fingerprint density at radius 1 is 1.12 bits per heavy atom. The molecule has 0 saturated carbocycles. The first-order valence-corrected chi connectivity index (χ1v) is 10.1. The van der Waals surface area contributed by atoms with Gasteiger partial charge in [-0.3, -0.25) is 9.69 Å². The molecule has 32 heavy (non-hydrogen) atoms. The van der Waals surface area contributed by atoms with Crippen LogP contribution in [0, 0.1) is 5.82 Å². The monoisotopic (exact) mass is 447 g/mol. The van der Waals surface area contributed by atoms with Crippen molar-refractivity contribution in [2.24, 2.45) is 0 Å². The fourth-order valence-corrected chi connectivity index (χ4v) is 3.91. The lowest BCUT2D eigenvalue weighted by atomic mass is 10.1. The molecule has 1 saturated heterocycles. The van der Waals surface area contributed by atoms with Crippen LogP contribution in [0.5, 0.6) is 0 Å². The van der Waals surface area contributed by atoms with Crippen molar-refractivity contribution in [2.45, 2.75) is 31.6 Å². The van der Waals surface area contributed by atoms with Crippen LogP contribution in [0.3, 0.4) is 0 Å². The molecule has 2 atom stereocenters. The Labute approximate surface area is 181 Å². The van der Waals surface area contributed by atoms with E-state index in [0.717, 1.165) is 29.8 Å². The van der Waals surface area contributed by atoms with Crippen LogP contribution in [0.2, 0.25) is 0 Å². The second kappa shape index (κ2) is 8.70. The van der Waals surface area contributed by atoms with Gasteiger partial charge in [-0.05, 0) is 43.2 Å². The number of rotatable bonds is 5. The minimum Gasteiger partial charge on any atom is -0.347 e. The van der Waals surface area contributed by atoms with Crippen molar-refractivity contribution in [3.8, 4) is 5.69 Å². The standard InChI is InChI=1S/C22H21F4N5O/c1-14(15-5-3-2-4-6-15)30-12-11-17(13-30)27-21(32)19-20(22(24,25)26)31(29-28-19)18-9-7-16(23)8-10-18/h2-10,14,17H,11-13H2,1H3,(H,27,32). The van der Waals surface area contributed by atoms with E-state index in [1.54, 1.807) is 0 Å². The van der Waals surface area contributed by atoms with Gasteiger partial charge in [0.2, 0.25) is 0 Å². The maximum Gasteiger partial charge on any atom is 0.435 e. The molecule has 2 aromatic carbocycles. The normalized spacial score (nSPS) is 18.0. The fourth-order valence-electron chi connectivity index (χ4n) is 3.91. The Morgan fingerprint density at radius 2 is 1.81 bits per heavy atom. The maximum absolute atomic E-state index is 13.8. The zero-order valence-corrected chi connectivity index (χ0v) is 17.2. The summed E-state index contributed by atoms with van der Waals surface area (Å²) in [5.41, 5.74) is -1.03. The van der Waals surface area contributed by atoms with Crippen molar-refractivity contribution in [1.82, 2.24) is 25.2 Å². The minimum absolute atomic E-state index is 0.0472. The van der Waals surface area contributed by atoms with Gasteiger partial charge < -0.3 is 5.32 Å². The van der Waals surface area contributed by atoms with Crippen LogP contribution in [0.25, 0.3) is 5.69 Å². The molecule has 2 unspecified atom stereocenters. The van der Waals surface area contributed by atoms with E-state index in [1.165, 1.54) is 0 Å². The third-order valence-corrected chi connectivity index (χ3v) is 5.61. The molecule has 0 radical (unpaired) electrons. The number of hydrogen-bond acceptors (Lipinski definition) is 4. The first-order chi connectivity index (χ1) is 15.2. The molecule has 1 aliphatic rings. The first kappa shape index (κ1) is 21.9. The fraction of sp³-hybridized carbons (Fsp3) is 0.318. The summed E-state index contributed by atoms with van der Waals surface area (Å²) in [6.07, 6.45) is -4.27. The van der Waals surface area contributed by atoms with Gasteiger partial charge in [-0.25, -0.2) is 9.07 Å². The van der Waals surface area contributed by atoms with Gasteiger partial charge in [-0.15, -0.1) is 5.10 Å². The highest BCUT2D eigenvalue weighted by Crippen LogP contribution is 2.33. The topological polar surface area (TPSA) is 63.1 Å². The van der Waals surface area contributed by atoms with Gasteiger partial charge in [0.25, 0.3) is 5.91 Å². The van der Waals surface area contributed by atoms with Crippen LogP contribution in [0.1, 0.15) is 41.1 Å². The molecule has 1 fully saturated rings. The van der Waals surface area contributed by atoms with Gasteiger partial charge in [-0.1, -0.05) is 35.5 Å². The zero-order valence-electron chi connectivity index (χ0n) is 17.2. The number of hydrogen-bond donors (Lipinski definition) is 1. The van der Waals surface area contributed by atoms with Crippen molar-refractivity contribution in [3.63, 3.8) is 0 Å². The van der Waals surface area contributed by atoms with Gasteiger partial charge in [0.15, 0.2) is 11.4 Å². The predicted molar refractivity (Wildman–Crippen MR) is 109 cm³/mol. The number of amides is 1. The number of alkyl halides is 3. The predicted octanol–water partition coefficient (Wildman–Crippen LogP) is 3.99. The Balaban J connectivity index is 1.51. The van der Waals surface area contributed by atoms with Crippen molar-refractivity contribution in [2.75, 3.05) is 13.1 Å². The second-order valence-electron chi connectivity index (χ2n) is 7.71. The van der Waals surface area contributed by atoms with Crippen LogP contribution in [0.15, 0.2) is 54.6 Å². The molecule has 6 nitrogen and oxygen atoms in total. The van der Waals surface area contributed by atoms with E-state index >= 15 is 0 Å². The summed E-state index contributed by atoms with van der Waals surface area (Å²) in [6.45, 7) is 3.26. The quantitative estimate of drug-likeness (QED) is 0.601. The Bertz CT molecular complexity index is 1080. The number of likely N-dealkylation sites (tertiary alicyclic amines) is 1. The molecular weight excluding hydrogens is 426 g/mol. The number of halogens is 4. The van der Waals surface area contributed by atoms with Gasteiger partial charge in [-0.2, -0.15) is 13.2 Å². The lowest BCUT2D eigenvalue weighted by Crippen LogP contribution is -2.38. The zero-order chi connectivity index (χ0) is 22.9. The number of benzene rings is 2. The average Bonchev–Trinajstić information content (AvgIpc) is 3.42. The van der Waals surface area contributed by atoms with Gasteiger partial charge in [0.05, 0.1) is 5.69 Å². The highest BCUT2D eigenvalue weighted by molar-refractivity contribution is 5.93. The first-order valence-electron chi connectivity index (χ1n) is 10.1. The SMILES string of the molecule is CC(c1ccccc1)N1CCC(NC(=O)c2nnn(-c3ccc(F)cc3)c2C(F)(F)F)C1. The van der Waals surface area contributed by atoms with Crippen molar-refractivity contribution in [1.29, 1.82) is 0 Å². The Hall–Kier alpha value is -3.27. The number of carbonyl (C=O) groups is 1. The lowest BCUT2D eigenvalue weighted by molar-refractivity contribution is -0.143. The van der Waals surface area contributed by atoms with Crippen LogP contribution < -0.4 is 5.32 Å². The molecule has 0 bridgehead atoms.